The molecule has 0 spiro atoms. The van der Waals surface area contributed by atoms with Gasteiger partial charge in [-0.15, -0.1) is 0 Å². The molecule has 1 aliphatic rings. The number of fused-ring (bicyclic) bond motifs is 1. The molecule has 0 aromatic heterocycles. The van der Waals surface area contributed by atoms with E-state index in [-0.39, 0.29) is 5.17 Å². The predicted octanol–water partition coefficient (Wildman–Crippen LogP) is 4.16. The Bertz CT molecular complexity index is 881. The molecule has 1 atom stereocenters. The van der Waals surface area contributed by atoms with Crippen LogP contribution in [0.2, 0.25) is 5.02 Å². The van der Waals surface area contributed by atoms with E-state index < -0.39 is 6.23 Å². The Balaban J connectivity index is 1.89. The van der Waals surface area contributed by atoms with Crippen molar-refractivity contribution in [2.24, 2.45) is 4.99 Å². The zero-order valence-corrected chi connectivity index (χ0v) is 15.6. The molecule has 0 saturated heterocycles. The highest BCUT2D eigenvalue weighted by molar-refractivity contribution is 6.67. The van der Waals surface area contributed by atoms with Gasteiger partial charge in [-0.3, -0.25) is 0 Å². The number of anilines is 1. The molecule has 3 rings (SSSR count). The fourth-order valence-corrected chi connectivity index (χ4v) is 3.16. The summed E-state index contributed by atoms with van der Waals surface area (Å²) in [5.74, 6) is 0. The van der Waals surface area contributed by atoms with Gasteiger partial charge in [0.2, 0.25) is 0 Å². The van der Waals surface area contributed by atoms with Crippen molar-refractivity contribution >= 4 is 51.5 Å². The summed E-state index contributed by atoms with van der Waals surface area (Å²) < 4.78 is 0. The zero-order chi connectivity index (χ0) is 18.7. The summed E-state index contributed by atoms with van der Waals surface area (Å²) in [7, 11) is 1.71. The molecule has 134 valence electrons. The molecule has 0 saturated carbocycles. The van der Waals surface area contributed by atoms with Crippen LogP contribution in [0.25, 0.3) is 5.57 Å². The maximum atomic E-state index is 10.1. The molecule has 26 heavy (non-hydrogen) atoms. The highest BCUT2D eigenvalue weighted by Gasteiger charge is 2.26. The summed E-state index contributed by atoms with van der Waals surface area (Å²) in [5, 5.41) is 21.5. The van der Waals surface area contributed by atoms with Crippen molar-refractivity contribution in [3.63, 3.8) is 0 Å². The third kappa shape index (κ3) is 3.75. The van der Waals surface area contributed by atoms with E-state index in [9.17, 15) is 5.11 Å². The van der Waals surface area contributed by atoms with Crippen LogP contribution >= 0.6 is 23.2 Å². The van der Waals surface area contributed by atoms with Gasteiger partial charge in [0.25, 0.3) is 0 Å². The lowest BCUT2D eigenvalue weighted by Gasteiger charge is -2.30. The molecule has 7 heteroatoms. The second kappa shape index (κ2) is 7.91. The fraction of sp³-hybridized carbons (Fsp3) is 0.158. The van der Waals surface area contributed by atoms with E-state index in [0.717, 1.165) is 11.1 Å². The summed E-state index contributed by atoms with van der Waals surface area (Å²) in [6, 6.07) is 13.6. The number of aliphatic hydroxyl groups excluding tert-OH is 1. The second-order valence-electron chi connectivity index (χ2n) is 5.86. The van der Waals surface area contributed by atoms with Crippen LogP contribution in [0, 0.1) is 5.41 Å². The summed E-state index contributed by atoms with van der Waals surface area (Å²) in [6.45, 7) is 0.648. The molecule has 0 aliphatic carbocycles. The van der Waals surface area contributed by atoms with Crippen molar-refractivity contribution in [2.45, 2.75) is 12.8 Å². The smallest absolute Gasteiger partial charge is 0.181 e. The first-order valence-electron chi connectivity index (χ1n) is 7.98. The van der Waals surface area contributed by atoms with Crippen LogP contribution in [0.4, 0.5) is 11.4 Å². The molecule has 2 aromatic carbocycles. The number of aliphatic hydroxyl groups is 1. The number of allylic oxidation sites excluding steroid dienone is 1. The molecular formula is C19H18Cl2N4O. The summed E-state index contributed by atoms with van der Waals surface area (Å²) in [6.07, 6.45) is 2.01. The van der Waals surface area contributed by atoms with Crippen LogP contribution in [0.3, 0.4) is 0 Å². The first kappa shape index (κ1) is 18.5. The van der Waals surface area contributed by atoms with Gasteiger partial charge in [0, 0.05) is 31.6 Å². The molecule has 1 aliphatic heterocycles. The van der Waals surface area contributed by atoms with Crippen molar-refractivity contribution in [2.75, 3.05) is 11.9 Å². The first-order chi connectivity index (χ1) is 12.5. The minimum Gasteiger partial charge on any atom is -0.386 e. The molecule has 0 fully saturated rings. The van der Waals surface area contributed by atoms with Gasteiger partial charge in [-0.2, -0.15) is 0 Å². The number of hydrogen-bond acceptors (Lipinski definition) is 5. The summed E-state index contributed by atoms with van der Waals surface area (Å²) >= 11 is 12.3. The van der Waals surface area contributed by atoms with E-state index in [1.807, 2.05) is 36.4 Å². The van der Waals surface area contributed by atoms with Gasteiger partial charge in [0.1, 0.15) is 5.69 Å². The first-order valence-corrected chi connectivity index (χ1v) is 8.73. The molecular weight excluding hydrogens is 371 g/mol. The zero-order valence-electron chi connectivity index (χ0n) is 14.1. The lowest BCUT2D eigenvalue weighted by Crippen LogP contribution is -2.38. The molecule has 1 heterocycles. The minimum absolute atomic E-state index is 0.0713. The number of nitrogens with zero attached hydrogens (tertiary/aromatic N) is 2. The van der Waals surface area contributed by atoms with Crippen LogP contribution < -0.4 is 10.2 Å². The summed E-state index contributed by atoms with van der Waals surface area (Å²) in [4.78, 5) is 5.77. The maximum Gasteiger partial charge on any atom is 0.181 e. The number of nitrogens with one attached hydrogen (secondary N) is 2. The van der Waals surface area contributed by atoms with Crippen LogP contribution in [-0.2, 0) is 6.54 Å². The Labute approximate surface area is 162 Å². The Kier molecular flexibility index (Phi) is 5.61. The van der Waals surface area contributed by atoms with Gasteiger partial charge in [0.05, 0.1) is 10.7 Å². The molecule has 3 N–H and O–H groups in total. The van der Waals surface area contributed by atoms with Crippen molar-refractivity contribution < 1.29 is 5.11 Å². The van der Waals surface area contributed by atoms with Crippen LogP contribution in [0.1, 0.15) is 11.1 Å². The monoisotopic (exact) mass is 388 g/mol. The van der Waals surface area contributed by atoms with Gasteiger partial charge < -0.3 is 20.7 Å². The van der Waals surface area contributed by atoms with E-state index in [0.29, 0.717) is 28.5 Å². The third-order valence-electron chi connectivity index (χ3n) is 4.12. The Morgan fingerprint density at radius 2 is 2.04 bits per heavy atom. The predicted molar refractivity (Wildman–Crippen MR) is 109 cm³/mol. The standard InChI is InChI=1S/C19H18Cl2N4O/c1-25-16-8-13(7-15(20)17(16)24-18(21)19(25)26)14(9-22)11-23-10-12-5-3-2-4-6-12/h2-9,11,19,22-23,26H,10H2,1H3/b14-11+,22-9?. The van der Waals surface area contributed by atoms with Crippen molar-refractivity contribution in [3.8, 4) is 0 Å². The van der Waals surface area contributed by atoms with Gasteiger partial charge >= 0.3 is 0 Å². The van der Waals surface area contributed by atoms with E-state index in [1.54, 1.807) is 24.2 Å². The van der Waals surface area contributed by atoms with Crippen LogP contribution in [0.5, 0.6) is 0 Å². The topological polar surface area (TPSA) is 71.7 Å². The number of rotatable bonds is 5. The Morgan fingerprint density at radius 1 is 1.31 bits per heavy atom. The normalized spacial score (nSPS) is 16.8. The van der Waals surface area contributed by atoms with E-state index in [4.69, 9.17) is 28.6 Å². The number of benzene rings is 2. The highest BCUT2D eigenvalue weighted by Crippen LogP contribution is 2.41. The molecule has 5 nitrogen and oxygen atoms in total. The molecule has 1 unspecified atom stereocenters. The number of hydrogen-bond donors (Lipinski definition) is 3. The number of halogens is 2. The SMILES string of the molecule is CN1c2cc(/C(C=N)=C/NCc3ccccc3)cc(Cl)c2N=C(Cl)C1O. The van der Waals surface area contributed by atoms with Gasteiger partial charge in [-0.25, -0.2) is 4.99 Å². The third-order valence-corrected chi connectivity index (χ3v) is 4.69. The maximum absolute atomic E-state index is 10.1. The second-order valence-corrected chi connectivity index (χ2v) is 6.65. The summed E-state index contributed by atoms with van der Waals surface area (Å²) in [5.41, 5.74) is 3.71. The van der Waals surface area contributed by atoms with Gasteiger partial charge in [-0.1, -0.05) is 53.5 Å². The molecule has 0 bridgehead atoms. The molecule has 0 radical (unpaired) electrons. The number of aliphatic imine (C=N–C) groups is 1. The van der Waals surface area contributed by atoms with Crippen molar-refractivity contribution in [1.29, 1.82) is 5.41 Å². The molecule has 2 aromatic rings. The average molecular weight is 389 g/mol. The highest BCUT2D eigenvalue weighted by atomic mass is 35.5. The fourth-order valence-electron chi connectivity index (χ4n) is 2.67. The quantitative estimate of drug-likeness (QED) is 0.673. The van der Waals surface area contributed by atoms with Gasteiger partial charge in [-0.05, 0) is 23.3 Å². The molecule has 0 amide bonds. The van der Waals surface area contributed by atoms with Crippen LogP contribution in [-0.4, -0.2) is 29.8 Å². The van der Waals surface area contributed by atoms with E-state index in [2.05, 4.69) is 10.3 Å². The lowest BCUT2D eigenvalue weighted by atomic mass is 10.0. The lowest BCUT2D eigenvalue weighted by molar-refractivity contribution is 0.243. The average Bonchev–Trinajstić information content (AvgIpc) is 2.65. The van der Waals surface area contributed by atoms with Crippen molar-refractivity contribution in [1.82, 2.24) is 5.32 Å². The minimum atomic E-state index is -1.01. The van der Waals surface area contributed by atoms with Crippen molar-refractivity contribution in [3.05, 3.63) is 64.8 Å². The van der Waals surface area contributed by atoms with Crippen LogP contribution in [0.15, 0.2) is 53.7 Å². The Morgan fingerprint density at radius 3 is 2.73 bits per heavy atom. The van der Waals surface area contributed by atoms with E-state index >= 15 is 0 Å². The largest absolute Gasteiger partial charge is 0.386 e. The van der Waals surface area contributed by atoms with Gasteiger partial charge in [0.15, 0.2) is 11.4 Å². The Hall–Kier alpha value is -2.34. The van der Waals surface area contributed by atoms with E-state index in [1.165, 1.54) is 6.21 Å².